The number of hydrogen-bond donors (Lipinski definition) is 1. The molecule has 0 aromatic heterocycles. The zero-order valence-corrected chi connectivity index (χ0v) is 9.41. The lowest BCUT2D eigenvalue weighted by Crippen LogP contribution is -2.28. The Balaban J connectivity index is 3.26. The number of benzene rings is 1. The van der Waals surface area contributed by atoms with Crippen LogP contribution in [0.2, 0.25) is 5.02 Å². The van der Waals surface area contributed by atoms with E-state index in [1.54, 1.807) is 0 Å². The zero-order chi connectivity index (χ0) is 9.35. The molecule has 0 fully saturated rings. The normalized spacial score (nSPS) is 11.8. The molecule has 0 aliphatic rings. The first-order chi connectivity index (χ1) is 5.43. The van der Waals surface area contributed by atoms with Crippen LogP contribution in [0.3, 0.4) is 0 Å². The van der Waals surface area contributed by atoms with E-state index >= 15 is 0 Å². The van der Waals surface area contributed by atoms with E-state index in [0.717, 1.165) is 10.0 Å². The van der Waals surface area contributed by atoms with Crippen molar-refractivity contribution < 1.29 is 0 Å². The summed E-state index contributed by atoms with van der Waals surface area (Å²) >= 11 is 9.40. The van der Waals surface area contributed by atoms with Crippen molar-refractivity contribution in [1.29, 1.82) is 0 Å². The molecule has 0 bridgehead atoms. The second kappa shape index (κ2) is 3.36. The molecule has 1 rings (SSSR count). The van der Waals surface area contributed by atoms with Crippen molar-refractivity contribution in [3.8, 4) is 0 Å². The second-order valence-electron chi connectivity index (χ2n) is 3.32. The van der Waals surface area contributed by atoms with Crippen LogP contribution in [0.15, 0.2) is 22.7 Å². The molecule has 0 aliphatic heterocycles. The summed E-state index contributed by atoms with van der Waals surface area (Å²) in [5, 5.41) is 0.699. The third-order valence-electron chi connectivity index (χ3n) is 1.65. The highest BCUT2D eigenvalue weighted by atomic mass is 79.9. The van der Waals surface area contributed by atoms with Gasteiger partial charge in [0, 0.05) is 10.0 Å². The monoisotopic (exact) mass is 247 g/mol. The molecule has 2 N–H and O–H groups in total. The van der Waals surface area contributed by atoms with Gasteiger partial charge in [0.05, 0.1) is 5.02 Å². The average molecular weight is 249 g/mol. The molecule has 0 spiro atoms. The molecule has 0 saturated carbocycles. The summed E-state index contributed by atoms with van der Waals surface area (Å²) in [5.41, 5.74) is 6.49. The Morgan fingerprint density at radius 1 is 1.42 bits per heavy atom. The van der Waals surface area contributed by atoms with Crippen LogP contribution < -0.4 is 5.73 Å². The molecule has 0 saturated heterocycles. The summed E-state index contributed by atoms with van der Waals surface area (Å²) in [6.07, 6.45) is 0. The Bertz CT molecular complexity index is 291. The molecule has 0 atom stereocenters. The van der Waals surface area contributed by atoms with Crippen LogP contribution in [0.5, 0.6) is 0 Å². The van der Waals surface area contributed by atoms with E-state index in [9.17, 15) is 0 Å². The standard InChI is InChI=1S/C9H11BrClN/c1-9(2,12)6-4-3-5-7(10)8(6)11/h3-5H,12H2,1-2H3. The van der Waals surface area contributed by atoms with Crippen molar-refractivity contribution in [3.05, 3.63) is 33.3 Å². The van der Waals surface area contributed by atoms with Crippen molar-refractivity contribution in [2.45, 2.75) is 19.4 Å². The van der Waals surface area contributed by atoms with Crippen LogP contribution in [0.25, 0.3) is 0 Å². The molecule has 66 valence electrons. The molecule has 0 heterocycles. The molecule has 0 radical (unpaired) electrons. The van der Waals surface area contributed by atoms with Gasteiger partial charge in [0.1, 0.15) is 0 Å². The summed E-state index contributed by atoms with van der Waals surface area (Å²) in [6, 6.07) is 5.77. The van der Waals surface area contributed by atoms with Gasteiger partial charge in [-0.3, -0.25) is 0 Å². The van der Waals surface area contributed by atoms with Gasteiger partial charge in [0.15, 0.2) is 0 Å². The van der Waals surface area contributed by atoms with Crippen molar-refractivity contribution in [1.82, 2.24) is 0 Å². The van der Waals surface area contributed by atoms with E-state index in [2.05, 4.69) is 15.9 Å². The highest BCUT2D eigenvalue weighted by Crippen LogP contribution is 2.31. The first-order valence-corrected chi connectivity index (χ1v) is 4.83. The van der Waals surface area contributed by atoms with Crippen LogP contribution in [0.4, 0.5) is 0 Å². The molecule has 0 unspecified atom stereocenters. The summed E-state index contributed by atoms with van der Waals surface area (Å²) in [4.78, 5) is 0. The van der Waals surface area contributed by atoms with Crippen molar-refractivity contribution in [2.75, 3.05) is 0 Å². The zero-order valence-electron chi connectivity index (χ0n) is 7.07. The Labute approximate surface area is 86.0 Å². The summed E-state index contributed by atoms with van der Waals surface area (Å²) < 4.78 is 0.889. The summed E-state index contributed by atoms with van der Waals surface area (Å²) in [7, 11) is 0. The molecule has 3 heteroatoms. The quantitative estimate of drug-likeness (QED) is 0.811. The minimum absolute atomic E-state index is 0.388. The third-order valence-corrected chi connectivity index (χ3v) is 2.94. The Morgan fingerprint density at radius 3 is 2.42 bits per heavy atom. The fourth-order valence-corrected chi connectivity index (χ4v) is 1.74. The molecule has 1 nitrogen and oxygen atoms in total. The van der Waals surface area contributed by atoms with Gasteiger partial charge < -0.3 is 5.73 Å². The fraction of sp³-hybridized carbons (Fsp3) is 0.333. The van der Waals surface area contributed by atoms with Crippen LogP contribution in [0.1, 0.15) is 19.4 Å². The van der Waals surface area contributed by atoms with Gasteiger partial charge in [-0.05, 0) is 41.4 Å². The maximum absolute atomic E-state index is 6.05. The Morgan fingerprint density at radius 2 is 2.00 bits per heavy atom. The first kappa shape index (κ1) is 10.0. The predicted molar refractivity (Wildman–Crippen MR) is 56.4 cm³/mol. The van der Waals surface area contributed by atoms with Crippen molar-refractivity contribution in [2.24, 2.45) is 5.73 Å². The van der Waals surface area contributed by atoms with Gasteiger partial charge >= 0.3 is 0 Å². The van der Waals surface area contributed by atoms with E-state index in [4.69, 9.17) is 17.3 Å². The SMILES string of the molecule is CC(C)(N)c1cccc(Br)c1Cl. The number of nitrogens with two attached hydrogens (primary N) is 1. The molecule has 1 aromatic carbocycles. The average Bonchev–Trinajstić information content (AvgIpc) is 1.92. The number of hydrogen-bond acceptors (Lipinski definition) is 1. The third kappa shape index (κ3) is 2.00. The number of halogens is 2. The van der Waals surface area contributed by atoms with Crippen LogP contribution >= 0.6 is 27.5 Å². The van der Waals surface area contributed by atoms with Gasteiger partial charge in [0.25, 0.3) is 0 Å². The minimum atomic E-state index is -0.388. The van der Waals surface area contributed by atoms with Crippen LogP contribution in [0, 0.1) is 0 Å². The topological polar surface area (TPSA) is 26.0 Å². The summed E-state index contributed by atoms with van der Waals surface area (Å²) in [5.74, 6) is 0. The van der Waals surface area contributed by atoms with Crippen molar-refractivity contribution in [3.63, 3.8) is 0 Å². The van der Waals surface area contributed by atoms with E-state index in [1.807, 2.05) is 32.0 Å². The largest absolute Gasteiger partial charge is 0.322 e. The fourth-order valence-electron chi connectivity index (χ4n) is 1.00. The van der Waals surface area contributed by atoms with Gasteiger partial charge in [0.2, 0.25) is 0 Å². The first-order valence-electron chi connectivity index (χ1n) is 3.66. The Hall–Kier alpha value is -0.0500. The molecular weight excluding hydrogens is 237 g/mol. The second-order valence-corrected chi connectivity index (χ2v) is 4.56. The van der Waals surface area contributed by atoms with Crippen LogP contribution in [-0.2, 0) is 5.54 Å². The molecule has 0 amide bonds. The maximum Gasteiger partial charge on any atom is 0.0598 e. The molecule has 1 aromatic rings. The van der Waals surface area contributed by atoms with Gasteiger partial charge in [-0.15, -0.1) is 0 Å². The Kier molecular flexibility index (Phi) is 2.81. The molecule has 0 aliphatic carbocycles. The van der Waals surface area contributed by atoms with E-state index in [-0.39, 0.29) is 5.54 Å². The molecular formula is C9H11BrClN. The lowest BCUT2D eigenvalue weighted by molar-refractivity contribution is 0.554. The van der Waals surface area contributed by atoms with Crippen LogP contribution in [-0.4, -0.2) is 0 Å². The van der Waals surface area contributed by atoms with Gasteiger partial charge in [-0.2, -0.15) is 0 Å². The smallest absolute Gasteiger partial charge is 0.0598 e. The lowest BCUT2D eigenvalue weighted by Gasteiger charge is -2.20. The van der Waals surface area contributed by atoms with E-state index in [1.165, 1.54) is 0 Å². The van der Waals surface area contributed by atoms with Gasteiger partial charge in [-0.1, -0.05) is 23.7 Å². The summed E-state index contributed by atoms with van der Waals surface area (Å²) in [6.45, 7) is 3.86. The molecule has 12 heavy (non-hydrogen) atoms. The van der Waals surface area contributed by atoms with E-state index in [0.29, 0.717) is 5.02 Å². The highest BCUT2D eigenvalue weighted by molar-refractivity contribution is 9.10. The lowest BCUT2D eigenvalue weighted by atomic mass is 9.96. The maximum atomic E-state index is 6.05. The number of rotatable bonds is 1. The van der Waals surface area contributed by atoms with Gasteiger partial charge in [-0.25, -0.2) is 0 Å². The minimum Gasteiger partial charge on any atom is -0.322 e. The van der Waals surface area contributed by atoms with Crippen molar-refractivity contribution >= 4 is 27.5 Å². The highest BCUT2D eigenvalue weighted by Gasteiger charge is 2.18. The predicted octanol–water partition coefficient (Wildman–Crippen LogP) is 3.30. The van der Waals surface area contributed by atoms with E-state index < -0.39 is 0 Å².